The summed E-state index contributed by atoms with van der Waals surface area (Å²) in [7, 11) is 0. The highest BCUT2D eigenvalue weighted by Crippen LogP contribution is 2.29. The lowest BCUT2D eigenvalue weighted by Gasteiger charge is -2.25. The molecule has 0 spiro atoms. The molecule has 21 heavy (non-hydrogen) atoms. The summed E-state index contributed by atoms with van der Waals surface area (Å²) < 4.78 is 15.1. The maximum Gasteiger partial charge on any atom is 0.254 e. The van der Waals surface area contributed by atoms with E-state index in [0.29, 0.717) is 16.9 Å². The van der Waals surface area contributed by atoms with Gasteiger partial charge in [0.1, 0.15) is 12.0 Å². The number of furan rings is 3. The second kappa shape index (κ2) is 5.34. The monoisotopic (exact) mass is 287 g/mol. The Morgan fingerprint density at radius 1 is 1.14 bits per heavy atom. The number of hydrogen-bond acceptors (Lipinski definition) is 5. The van der Waals surface area contributed by atoms with Gasteiger partial charge in [0, 0.05) is 5.56 Å². The second-order valence-electron chi connectivity index (χ2n) is 4.54. The number of nitrogens with one attached hydrogen (secondary N) is 1. The van der Waals surface area contributed by atoms with Crippen molar-refractivity contribution >= 4 is 5.91 Å². The van der Waals surface area contributed by atoms with Crippen molar-refractivity contribution in [1.82, 2.24) is 5.32 Å². The molecule has 0 aliphatic heterocycles. The van der Waals surface area contributed by atoms with Gasteiger partial charge in [-0.25, -0.2) is 0 Å². The van der Waals surface area contributed by atoms with Gasteiger partial charge in [-0.05, 0) is 24.3 Å². The Bertz CT molecular complexity index is 648. The van der Waals surface area contributed by atoms with E-state index in [0.717, 1.165) is 0 Å². The van der Waals surface area contributed by atoms with Crippen LogP contribution in [0.4, 0.5) is 0 Å². The largest absolute Gasteiger partial charge is 0.472 e. The van der Waals surface area contributed by atoms with Crippen molar-refractivity contribution in [1.29, 1.82) is 0 Å². The van der Waals surface area contributed by atoms with Gasteiger partial charge in [0.05, 0.1) is 37.2 Å². The van der Waals surface area contributed by atoms with Crippen molar-refractivity contribution in [2.24, 2.45) is 0 Å². The summed E-state index contributed by atoms with van der Waals surface area (Å²) >= 11 is 0. The lowest BCUT2D eigenvalue weighted by atomic mass is 9.93. The number of carbonyl (C=O) groups excluding carboxylic acids is 1. The first-order chi connectivity index (χ1) is 10.2. The molecule has 108 valence electrons. The predicted molar refractivity (Wildman–Crippen MR) is 71.5 cm³/mol. The summed E-state index contributed by atoms with van der Waals surface area (Å²) in [4.78, 5) is 12.0. The molecule has 0 radical (unpaired) electrons. The van der Waals surface area contributed by atoms with Crippen molar-refractivity contribution in [3.8, 4) is 0 Å². The van der Waals surface area contributed by atoms with Gasteiger partial charge >= 0.3 is 0 Å². The van der Waals surface area contributed by atoms with E-state index in [1.807, 2.05) is 0 Å². The fourth-order valence-corrected chi connectivity index (χ4v) is 2.05. The molecule has 0 aliphatic carbocycles. The van der Waals surface area contributed by atoms with Crippen LogP contribution < -0.4 is 5.32 Å². The standard InChI is InChI=1S/C15H13NO5/c17-14(11-3-6-19-8-11)16-10-15(18,12-4-7-20-9-12)13-2-1-5-21-13/h1-9,18H,10H2,(H,16,17)/t15-/m0/s1. The van der Waals surface area contributed by atoms with Crippen LogP contribution in [0, 0.1) is 0 Å². The van der Waals surface area contributed by atoms with Gasteiger partial charge in [-0.2, -0.15) is 0 Å². The summed E-state index contributed by atoms with van der Waals surface area (Å²) in [6, 6.07) is 6.46. The Kier molecular flexibility index (Phi) is 3.37. The molecule has 3 rings (SSSR count). The van der Waals surface area contributed by atoms with Gasteiger partial charge < -0.3 is 23.7 Å². The molecule has 6 heteroatoms. The molecule has 6 nitrogen and oxygen atoms in total. The summed E-state index contributed by atoms with van der Waals surface area (Å²) in [5.41, 5.74) is -0.635. The molecule has 2 N–H and O–H groups in total. The molecule has 3 heterocycles. The van der Waals surface area contributed by atoms with Gasteiger partial charge in [0.25, 0.3) is 5.91 Å². The van der Waals surface area contributed by atoms with Gasteiger partial charge in [-0.15, -0.1) is 0 Å². The molecule has 0 saturated carbocycles. The molecule has 0 aliphatic rings. The highest BCUT2D eigenvalue weighted by molar-refractivity contribution is 5.93. The van der Waals surface area contributed by atoms with E-state index in [1.54, 1.807) is 24.3 Å². The Morgan fingerprint density at radius 3 is 2.57 bits per heavy atom. The normalized spacial score (nSPS) is 13.8. The lowest BCUT2D eigenvalue weighted by molar-refractivity contribution is 0.0520. The van der Waals surface area contributed by atoms with Crippen LogP contribution in [0.2, 0.25) is 0 Å². The minimum Gasteiger partial charge on any atom is -0.472 e. The first-order valence-electron chi connectivity index (χ1n) is 6.29. The summed E-state index contributed by atoms with van der Waals surface area (Å²) in [5, 5.41) is 13.5. The number of hydrogen-bond donors (Lipinski definition) is 2. The average molecular weight is 287 g/mol. The number of rotatable bonds is 5. The van der Waals surface area contributed by atoms with Gasteiger partial charge in [0.15, 0.2) is 5.60 Å². The Morgan fingerprint density at radius 2 is 1.95 bits per heavy atom. The van der Waals surface area contributed by atoms with Crippen LogP contribution in [-0.4, -0.2) is 17.6 Å². The van der Waals surface area contributed by atoms with E-state index in [4.69, 9.17) is 13.3 Å². The Labute approximate surface area is 120 Å². The van der Waals surface area contributed by atoms with Crippen LogP contribution in [0.25, 0.3) is 0 Å². The van der Waals surface area contributed by atoms with Crippen molar-refractivity contribution in [2.75, 3.05) is 6.54 Å². The van der Waals surface area contributed by atoms with E-state index in [2.05, 4.69) is 5.32 Å². The quantitative estimate of drug-likeness (QED) is 0.750. The molecule has 0 unspecified atom stereocenters. The van der Waals surface area contributed by atoms with E-state index >= 15 is 0 Å². The van der Waals surface area contributed by atoms with Gasteiger partial charge in [-0.3, -0.25) is 4.79 Å². The van der Waals surface area contributed by atoms with E-state index in [9.17, 15) is 9.90 Å². The minimum absolute atomic E-state index is 0.0654. The third-order valence-electron chi connectivity index (χ3n) is 3.22. The van der Waals surface area contributed by atoms with Crippen molar-refractivity contribution in [2.45, 2.75) is 5.60 Å². The van der Waals surface area contributed by atoms with E-state index < -0.39 is 5.60 Å². The SMILES string of the molecule is O=C(NC[C@](O)(c1ccoc1)c1ccco1)c1ccoc1. The van der Waals surface area contributed by atoms with Gasteiger partial charge in [0.2, 0.25) is 0 Å². The summed E-state index contributed by atoms with van der Waals surface area (Å²) in [6.07, 6.45) is 7.05. The summed E-state index contributed by atoms with van der Waals surface area (Å²) in [6.45, 7) is -0.0654. The topological polar surface area (TPSA) is 88.8 Å². The first-order valence-corrected chi connectivity index (χ1v) is 6.29. The maximum absolute atomic E-state index is 12.0. The zero-order chi connectivity index (χ0) is 14.7. The third-order valence-corrected chi connectivity index (χ3v) is 3.22. The molecule has 1 atom stereocenters. The highest BCUT2D eigenvalue weighted by Gasteiger charge is 2.36. The molecule has 3 aromatic rings. The average Bonchev–Trinajstić information content (AvgIpc) is 3.27. The van der Waals surface area contributed by atoms with Crippen LogP contribution in [0.5, 0.6) is 0 Å². The number of carbonyl (C=O) groups is 1. The van der Waals surface area contributed by atoms with Crippen LogP contribution >= 0.6 is 0 Å². The van der Waals surface area contributed by atoms with Crippen molar-refractivity contribution < 1.29 is 23.2 Å². The molecule has 0 fully saturated rings. The Hall–Kier alpha value is -2.73. The smallest absolute Gasteiger partial charge is 0.254 e. The van der Waals surface area contributed by atoms with E-state index in [-0.39, 0.29) is 12.5 Å². The van der Waals surface area contributed by atoms with Crippen LogP contribution in [0.1, 0.15) is 21.7 Å². The van der Waals surface area contributed by atoms with Crippen LogP contribution in [0.15, 0.2) is 68.8 Å². The fraction of sp³-hybridized carbons (Fsp3) is 0.133. The zero-order valence-electron chi connectivity index (χ0n) is 11.0. The molecular weight excluding hydrogens is 274 g/mol. The molecule has 3 aromatic heterocycles. The predicted octanol–water partition coefficient (Wildman–Crippen LogP) is 2.13. The van der Waals surface area contributed by atoms with Crippen LogP contribution in [0.3, 0.4) is 0 Å². The second-order valence-corrected chi connectivity index (χ2v) is 4.54. The number of amides is 1. The number of aliphatic hydroxyl groups is 1. The van der Waals surface area contributed by atoms with Gasteiger partial charge in [-0.1, -0.05) is 0 Å². The maximum atomic E-state index is 12.0. The molecule has 0 saturated heterocycles. The lowest BCUT2D eigenvalue weighted by Crippen LogP contribution is -2.41. The van der Waals surface area contributed by atoms with E-state index in [1.165, 1.54) is 31.3 Å². The Balaban J connectivity index is 1.83. The highest BCUT2D eigenvalue weighted by atomic mass is 16.4. The molecule has 1 amide bonds. The molecular formula is C15H13NO5. The third kappa shape index (κ3) is 2.48. The van der Waals surface area contributed by atoms with Crippen molar-refractivity contribution in [3.63, 3.8) is 0 Å². The van der Waals surface area contributed by atoms with Crippen LogP contribution in [-0.2, 0) is 5.60 Å². The molecule has 0 bridgehead atoms. The first kappa shape index (κ1) is 13.3. The van der Waals surface area contributed by atoms with Crippen molar-refractivity contribution in [3.05, 3.63) is 72.5 Å². The zero-order valence-corrected chi connectivity index (χ0v) is 11.0. The molecule has 0 aromatic carbocycles. The minimum atomic E-state index is -1.50. The fourth-order valence-electron chi connectivity index (χ4n) is 2.05. The summed E-state index contributed by atoms with van der Waals surface area (Å²) in [5.74, 6) is -0.0337.